The summed E-state index contributed by atoms with van der Waals surface area (Å²) in [6.07, 6.45) is -0.635. The van der Waals surface area contributed by atoms with Crippen LogP contribution in [0.4, 0.5) is 0 Å². The quantitative estimate of drug-likeness (QED) is 0.641. The first-order valence-electron chi connectivity index (χ1n) is 6.88. The molecule has 0 radical (unpaired) electrons. The van der Waals surface area contributed by atoms with Gasteiger partial charge < -0.3 is 20.2 Å². The van der Waals surface area contributed by atoms with E-state index in [1.807, 2.05) is 6.92 Å². The number of nitrogens with one attached hydrogen (secondary N) is 1. The minimum absolute atomic E-state index is 0.0514. The second kappa shape index (κ2) is 7.45. The molecule has 1 fully saturated rings. The summed E-state index contributed by atoms with van der Waals surface area (Å²) in [5, 5.41) is 13.0. The van der Waals surface area contributed by atoms with Crippen LogP contribution >= 0.6 is 0 Å². The Balaban J connectivity index is 2.36. The van der Waals surface area contributed by atoms with Crippen LogP contribution in [0.25, 0.3) is 0 Å². The molecule has 1 atom stereocenters. The van der Waals surface area contributed by atoms with Crippen molar-refractivity contribution in [2.45, 2.75) is 26.9 Å². The van der Waals surface area contributed by atoms with Gasteiger partial charge in [0.25, 0.3) is 0 Å². The molecule has 0 aromatic carbocycles. The van der Waals surface area contributed by atoms with Crippen molar-refractivity contribution in [3.63, 3.8) is 0 Å². The Labute approximate surface area is 114 Å². The van der Waals surface area contributed by atoms with Crippen LogP contribution in [0.2, 0.25) is 0 Å². The molecule has 0 bridgehead atoms. The summed E-state index contributed by atoms with van der Waals surface area (Å²) >= 11 is 0. The van der Waals surface area contributed by atoms with E-state index in [1.54, 1.807) is 0 Å². The van der Waals surface area contributed by atoms with E-state index in [0.717, 1.165) is 6.54 Å². The van der Waals surface area contributed by atoms with Crippen LogP contribution in [0.3, 0.4) is 0 Å². The van der Waals surface area contributed by atoms with Gasteiger partial charge in [-0.05, 0) is 19.4 Å². The number of amides is 2. The average Bonchev–Trinajstić information content (AvgIpc) is 2.32. The standard InChI is InChI=1S/C13H25N3O3/c1-4-15-8-13(19)16(9-12(15)18)7-11(17)6-14-5-10(2)3/h10-11,14,17H,4-9H2,1-3H3. The second-order valence-corrected chi connectivity index (χ2v) is 5.39. The summed E-state index contributed by atoms with van der Waals surface area (Å²) in [6, 6.07) is 0. The monoisotopic (exact) mass is 271 g/mol. The topological polar surface area (TPSA) is 72.9 Å². The number of hydrogen-bond acceptors (Lipinski definition) is 4. The molecule has 6 heteroatoms. The van der Waals surface area contributed by atoms with Crippen molar-refractivity contribution >= 4 is 11.8 Å². The predicted octanol–water partition coefficient (Wildman–Crippen LogP) is -0.716. The maximum absolute atomic E-state index is 11.8. The van der Waals surface area contributed by atoms with Crippen molar-refractivity contribution < 1.29 is 14.7 Å². The molecule has 0 spiro atoms. The van der Waals surface area contributed by atoms with Gasteiger partial charge >= 0.3 is 0 Å². The highest BCUT2D eigenvalue weighted by Crippen LogP contribution is 2.05. The molecule has 0 aromatic heterocycles. The maximum Gasteiger partial charge on any atom is 0.242 e. The minimum atomic E-state index is -0.635. The lowest BCUT2D eigenvalue weighted by Gasteiger charge is -2.34. The molecule has 0 saturated carbocycles. The summed E-state index contributed by atoms with van der Waals surface area (Å²) in [7, 11) is 0. The molecule has 19 heavy (non-hydrogen) atoms. The van der Waals surface area contributed by atoms with Crippen LogP contribution < -0.4 is 5.32 Å². The molecule has 0 aromatic rings. The lowest BCUT2D eigenvalue weighted by atomic mass is 10.2. The van der Waals surface area contributed by atoms with E-state index in [9.17, 15) is 14.7 Å². The number of rotatable bonds is 7. The van der Waals surface area contributed by atoms with E-state index in [-0.39, 0.29) is 31.4 Å². The summed E-state index contributed by atoms with van der Waals surface area (Å²) in [6.45, 7) is 8.27. The van der Waals surface area contributed by atoms with Crippen molar-refractivity contribution in [3.8, 4) is 0 Å². The van der Waals surface area contributed by atoms with Gasteiger partial charge in [0.05, 0.1) is 19.2 Å². The summed E-state index contributed by atoms with van der Waals surface area (Å²) < 4.78 is 0. The van der Waals surface area contributed by atoms with Gasteiger partial charge in [-0.1, -0.05) is 13.8 Å². The molecule has 110 valence electrons. The first-order chi connectivity index (χ1) is 8.93. The van der Waals surface area contributed by atoms with E-state index < -0.39 is 6.10 Å². The molecule has 2 N–H and O–H groups in total. The Morgan fingerprint density at radius 1 is 1.16 bits per heavy atom. The Hall–Kier alpha value is -1.14. The average molecular weight is 271 g/mol. The molecule has 1 heterocycles. The third-order valence-corrected chi connectivity index (χ3v) is 3.10. The SMILES string of the molecule is CCN1CC(=O)N(CC(O)CNCC(C)C)CC1=O. The minimum Gasteiger partial charge on any atom is -0.390 e. The largest absolute Gasteiger partial charge is 0.390 e. The number of aliphatic hydroxyl groups excluding tert-OH is 1. The smallest absolute Gasteiger partial charge is 0.242 e. The van der Waals surface area contributed by atoms with E-state index in [2.05, 4.69) is 19.2 Å². The summed E-state index contributed by atoms with van der Waals surface area (Å²) in [4.78, 5) is 26.5. The molecule has 1 unspecified atom stereocenters. The molecule has 1 rings (SSSR count). The molecule has 6 nitrogen and oxygen atoms in total. The van der Waals surface area contributed by atoms with Crippen molar-refractivity contribution in [1.29, 1.82) is 0 Å². The van der Waals surface area contributed by atoms with Crippen LogP contribution in [-0.2, 0) is 9.59 Å². The Kier molecular flexibility index (Phi) is 6.24. The number of carbonyl (C=O) groups is 2. The number of aliphatic hydroxyl groups is 1. The van der Waals surface area contributed by atoms with Gasteiger partial charge in [0, 0.05) is 19.6 Å². The van der Waals surface area contributed by atoms with Crippen molar-refractivity contribution in [1.82, 2.24) is 15.1 Å². The summed E-state index contributed by atoms with van der Waals surface area (Å²) in [5.74, 6) is 0.373. The normalized spacial score (nSPS) is 18.4. The number of β-amino-alcohol motifs (C(OH)–C–C–N with tert-alkyl or cyclic N) is 1. The van der Waals surface area contributed by atoms with Crippen LogP contribution in [0.15, 0.2) is 0 Å². The highest BCUT2D eigenvalue weighted by atomic mass is 16.3. The fourth-order valence-electron chi connectivity index (χ4n) is 2.01. The van der Waals surface area contributed by atoms with Crippen LogP contribution in [-0.4, -0.2) is 72.1 Å². The van der Waals surface area contributed by atoms with E-state index in [1.165, 1.54) is 9.80 Å². The van der Waals surface area contributed by atoms with Crippen molar-refractivity contribution in [2.75, 3.05) is 39.3 Å². The highest BCUT2D eigenvalue weighted by molar-refractivity contribution is 5.92. The number of likely N-dealkylation sites (N-methyl/N-ethyl adjacent to an activating group) is 1. The summed E-state index contributed by atoms with van der Waals surface area (Å²) in [5.41, 5.74) is 0. The zero-order chi connectivity index (χ0) is 14.4. The number of nitrogens with zero attached hydrogens (tertiary/aromatic N) is 2. The number of carbonyl (C=O) groups excluding carboxylic acids is 2. The highest BCUT2D eigenvalue weighted by Gasteiger charge is 2.29. The zero-order valence-electron chi connectivity index (χ0n) is 12.1. The third kappa shape index (κ3) is 5.16. The number of piperazine rings is 1. The molecule has 2 amide bonds. The third-order valence-electron chi connectivity index (χ3n) is 3.10. The first-order valence-corrected chi connectivity index (χ1v) is 6.88. The van der Waals surface area contributed by atoms with Gasteiger partial charge in [-0.25, -0.2) is 0 Å². The van der Waals surface area contributed by atoms with Gasteiger partial charge in [-0.2, -0.15) is 0 Å². The molecular formula is C13H25N3O3. The van der Waals surface area contributed by atoms with Gasteiger partial charge in [0.1, 0.15) is 0 Å². The van der Waals surface area contributed by atoms with Gasteiger partial charge in [-0.15, -0.1) is 0 Å². The Bertz CT molecular complexity index is 320. The molecule has 0 aliphatic carbocycles. The van der Waals surface area contributed by atoms with E-state index in [0.29, 0.717) is 19.0 Å². The van der Waals surface area contributed by atoms with Crippen LogP contribution in [0.1, 0.15) is 20.8 Å². The molecular weight excluding hydrogens is 246 g/mol. The molecule has 1 saturated heterocycles. The first kappa shape index (κ1) is 15.9. The predicted molar refractivity (Wildman–Crippen MR) is 72.5 cm³/mol. The second-order valence-electron chi connectivity index (χ2n) is 5.39. The fourth-order valence-corrected chi connectivity index (χ4v) is 2.01. The maximum atomic E-state index is 11.8. The van der Waals surface area contributed by atoms with Crippen molar-refractivity contribution in [3.05, 3.63) is 0 Å². The zero-order valence-corrected chi connectivity index (χ0v) is 12.1. The van der Waals surface area contributed by atoms with Gasteiger partial charge in [-0.3, -0.25) is 9.59 Å². The lowest BCUT2D eigenvalue weighted by molar-refractivity contribution is -0.151. The van der Waals surface area contributed by atoms with E-state index >= 15 is 0 Å². The van der Waals surface area contributed by atoms with E-state index in [4.69, 9.17) is 0 Å². The fraction of sp³-hybridized carbons (Fsp3) is 0.846. The van der Waals surface area contributed by atoms with Crippen LogP contribution in [0, 0.1) is 5.92 Å². The van der Waals surface area contributed by atoms with Gasteiger partial charge in [0.15, 0.2) is 0 Å². The van der Waals surface area contributed by atoms with Gasteiger partial charge in [0.2, 0.25) is 11.8 Å². The Morgan fingerprint density at radius 2 is 1.74 bits per heavy atom. The molecule has 1 aliphatic rings. The number of hydrogen-bond donors (Lipinski definition) is 2. The molecule has 1 aliphatic heterocycles. The van der Waals surface area contributed by atoms with Crippen molar-refractivity contribution in [2.24, 2.45) is 5.92 Å². The van der Waals surface area contributed by atoms with Crippen LogP contribution in [0.5, 0.6) is 0 Å². The lowest BCUT2D eigenvalue weighted by Crippen LogP contribution is -2.55. The Morgan fingerprint density at radius 3 is 2.32 bits per heavy atom.